The molecule has 0 aliphatic carbocycles. The van der Waals surface area contributed by atoms with Crippen LogP contribution in [0.5, 0.6) is 0 Å². The Morgan fingerprint density at radius 2 is 1.91 bits per heavy atom. The number of hydrogen-bond acceptors (Lipinski definition) is 5. The van der Waals surface area contributed by atoms with E-state index < -0.39 is 18.0 Å². The van der Waals surface area contributed by atoms with Crippen molar-refractivity contribution in [2.24, 2.45) is 0 Å². The van der Waals surface area contributed by atoms with Gasteiger partial charge in [0.05, 0.1) is 6.26 Å². The molecule has 2 aromatic rings. The lowest BCUT2D eigenvalue weighted by molar-refractivity contribution is -0.145. The van der Waals surface area contributed by atoms with Gasteiger partial charge in [0.2, 0.25) is 5.78 Å². The van der Waals surface area contributed by atoms with E-state index in [4.69, 9.17) is 9.15 Å². The van der Waals surface area contributed by atoms with Gasteiger partial charge in [0.15, 0.2) is 11.9 Å². The molecule has 120 valence electrons. The lowest BCUT2D eigenvalue weighted by atomic mass is 10.1. The van der Waals surface area contributed by atoms with Crippen molar-refractivity contribution in [1.29, 1.82) is 0 Å². The average Bonchev–Trinajstić information content (AvgIpc) is 3.07. The second-order valence-corrected chi connectivity index (χ2v) is 5.58. The quantitative estimate of drug-likeness (QED) is 0.615. The van der Waals surface area contributed by atoms with Gasteiger partial charge in [-0.1, -0.05) is 28.1 Å². The van der Waals surface area contributed by atoms with Crippen molar-refractivity contribution in [2.75, 3.05) is 6.54 Å². The first kappa shape index (κ1) is 17.0. The summed E-state index contributed by atoms with van der Waals surface area (Å²) in [5, 5.41) is 2.35. The number of carbonyl (C=O) groups is 3. The number of esters is 1. The van der Waals surface area contributed by atoms with Gasteiger partial charge in [-0.15, -0.1) is 0 Å². The normalized spacial score (nSPS) is 11.6. The zero-order valence-electron chi connectivity index (χ0n) is 12.2. The number of hydrogen-bond donors (Lipinski definition) is 1. The Bertz CT molecular complexity index is 694. The first-order valence-electron chi connectivity index (χ1n) is 6.78. The second-order valence-electron chi connectivity index (χ2n) is 4.66. The molecule has 0 fully saturated rings. The summed E-state index contributed by atoms with van der Waals surface area (Å²) in [6, 6.07) is 9.76. The van der Waals surface area contributed by atoms with E-state index in [2.05, 4.69) is 21.2 Å². The van der Waals surface area contributed by atoms with Crippen LogP contribution in [0.25, 0.3) is 0 Å². The van der Waals surface area contributed by atoms with Gasteiger partial charge in [-0.05, 0) is 31.2 Å². The van der Waals surface area contributed by atoms with Gasteiger partial charge in [0.25, 0.3) is 5.91 Å². The zero-order chi connectivity index (χ0) is 16.8. The molecule has 0 saturated heterocycles. The molecule has 6 nitrogen and oxygen atoms in total. The maximum Gasteiger partial charge on any atom is 0.326 e. The van der Waals surface area contributed by atoms with Crippen molar-refractivity contribution in [1.82, 2.24) is 5.32 Å². The number of ketones is 1. The van der Waals surface area contributed by atoms with Gasteiger partial charge in [-0.3, -0.25) is 14.4 Å². The monoisotopic (exact) mass is 379 g/mol. The Kier molecular flexibility index (Phi) is 5.70. The highest BCUT2D eigenvalue weighted by Crippen LogP contribution is 2.13. The molecule has 0 spiro atoms. The molecule has 1 aromatic heterocycles. The van der Waals surface area contributed by atoms with Crippen molar-refractivity contribution in [3.8, 4) is 0 Å². The number of benzene rings is 1. The fourth-order valence-corrected chi connectivity index (χ4v) is 2.05. The van der Waals surface area contributed by atoms with E-state index in [1.807, 2.05) is 0 Å². The molecule has 1 aromatic carbocycles. The largest absolute Gasteiger partial charge is 0.459 e. The SMILES string of the molecule is C[C@@H](OC(=O)CNC(=O)c1ccco1)C(=O)c1ccc(Br)cc1. The molecule has 0 saturated carbocycles. The van der Waals surface area contributed by atoms with Crippen LogP contribution in [0.4, 0.5) is 0 Å². The Balaban J connectivity index is 1.83. The van der Waals surface area contributed by atoms with Crippen molar-refractivity contribution < 1.29 is 23.5 Å². The van der Waals surface area contributed by atoms with Gasteiger partial charge in [0, 0.05) is 10.0 Å². The van der Waals surface area contributed by atoms with E-state index in [1.165, 1.54) is 19.3 Å². The summed E-state index contributed by atoms with van der Waals surface area (Å²) in [4.78, 5) is 35.4. The Labute approximate surface area is 140 Å². The summed E-state index contributed by atoms with van der Waals surface area (Å²) in [5.74, 6) is -1.46. The van der Waals surface area contributed by atoms with Crippen LogP contribution in [0, 0.1) is 0 Å². The lowest BCUT2D eigenvalue weighted by Gasteiger charge is -2.12. The summed E-state index contributed by atoms with van der Waals surface area (Å²) < 4.78 is 10.8. The minimum atomic E-state index is -0.941. The smallest absolute Gasteiger partial charge is 0.326 e. The molecule has 23 heavy (non-hydrogen) atoms. The molecule has 0 bridgehead atoms. The molecular formula is C16H14BrNO5. The van der Waals surface area contributed by atoms with Gasteiger partial charge in [-0.25, -0.2) is 0 Å². The van der Waals surface area contributed by atoms with E-state index in [0.29, 0.717) is 5.56 Å². The molecule has 1 heterocycles. The third-order valence-electron chi connectivity index (χ3n) is 2.94. The van der Waals surface area contributed by atoms with E-state index in [-0.39, 0.29) is 18.1 Å². The summed E-state index contributed by atoms with van der Waals surface area (Å²) in [6.07, 6.45) is 0.413. The number of ether oxygens (including phenoxy) is 1. The molecule has 1 N–H and O–H groups in total. The van der Waals surface area contributed by atoms with Crippen molar-refractivity contribution in [2.45, 2.75) is 13.0 Å². The number of amides is 1. The Hall–Kier alpha value is -2.41. The van der Waals surface area contributed by atoms with E-state index in [9.17, 15) is 14.4 Å². The second kappa shape index (κ2) is 7.73. The maximum absolute atomic E-state index is 12.1. The highest BCUT2D eigenvalue weighted by atomic mass is 79.9. The third kappa shape index (κ3) is 4.79. The Morgan fingerprint density at radius 3 is 2.52 bits per heavy atom. The first-order chi connectivity index (χ1) is 11.0. The topological polar surface area (TPSA) is 85.6 Å². The Morgan fingerprint density at radius 1 is 1.22 bits per heavy atom. The third-order valence-corrected chi connectivity index (χ3v) is 3.47. The fraction of sp³-hybridized carbons (Fsp3) is 0.188. The van der Waals surface area contributed by atoms with Crippen LogP contribution in [-0.4, -0.2) is 30.3 Å². The predicted molar refractivity (Wildman–Crippen MR) is 85.1 cm³/mol. The van der Waals surface area contributed by atoms with Crippen molar-refractivity contribution >= 4 is 33.6 Å². The molecule has 0 aliphatic heterocycles. The predicted octanol–water partition coefficient (Wildman–Crippen LogP) is 2.59. The first-order valence-corrected chi connectivity index (χ1v) is 7.57. The van der Waals surface area contributed by atoms with Crippen LogP contribution in [0.15, 0.2) is 51.6 Å². The van der Waals surface area contributed by atoms with Gasteiger partial charge in [0.1, 0.15) is 6.54 Å². The molecule has 1 atom stereocenters. The van der Waals surface area contributed by atoms with Crippen molar-refractivity contribution in [3.05, 3.63) is 58.5 Å². The standard InChI is InChI=1S/C16H14BrNO5/c1-10(15(20)11-4-6-12(17)7-5-11)23-14(19)9-18-16(21)13-3-2-8-22-13/h2-8,10H,9H2,1H3,(H,18,21)/t10-/m1/s1. The van der Waals surface area contributed by atoms with Crippen LogP contribution in [-0.2, 0) is 9.53 Å². The highest BCUT2D eigenvalue weighted by molar-refractivity contribution is 9.10. The van der Waals surface area contributed by atoms with Crippen LogP contribution in [0.1, 0.15) is 27.8 Å². The number of carbonyl (C=O) groups excluding carboxylic acids is 3. The van der Waals surface area contributed by atoms with Crippen LogP contribution in [0.2, 0.25) is 0 Å². The molecule has 1 amide bonds. The summed E-state index contributed by atoms with van der Waals surface area (Å²) >= 11 is 3.28. The molecular weight excluding hydrogens is 366 g/mol. The van der Waals surface area contributed by atoms with Crippen molar-refractivity contribution in [3.63, 3.8) is 0 Å². The summed E-state index contributed by atoms with van der Waals surface area (Å²) in [6.45, 7) is 1.13. The molecule has 7 heteroatoms. The van der Waals surface area contributed by atoms with Crippen LogP contribution in [0.3, 0.4) is 0 Å². The number of rotatable bonds is 6. The van der Waals surface area contributed by atoms with Crippen LogP contribution < -0.4 is 5.32 Å². The zero-order valence-corrected chi connectivity index (χ0v) is 13.8. The van der Waals surface area contributed by atoms with Gasteiger partial charge in [-0.2, -0.15) is 0 Å². The lowest BCUT2D eigenvalue weighted by Crippen LogP contribution is -2.33. The highest BCUT2D eigenvalue weighted by Gasteiger charge is 2.20. The van der Waals surface area contributed by atoms with Gasteiger partial charge < -0.3 is 14.5 Å². The van der Waals surface area contributed by atoms with E-state index in [0.717, 1.165) is 4.47 Å². The number of Topliss-reactive ketones (excluding diaryl/α,β-unsaturated/α-hetero) is 1. The molecule has 2 rings (SSSR count). The molecule has 0 radical (unpaired) electrons. The fourth-order valence-electron chi connectivity index (χ4n) is 1.79. The molecule has 0 unspecified atom stereocenters. The van der Waals surface area contributed by atoms with E-state index >= 15 is 0 Å². The minimum absolute atomic E-state index is 0.0942. The maximum atomic E-state index is 12.1. The van der Waals surface area contributed by atoms with Crippen LogP contribution >= 0.6 is 15.9 Å². The summed E-state index contributed by atoms with van der Waals surface area (Å²) in [5.41, 5.74) is 0.438. The van der Waals surface area contributed by atoms with E-state index in [1.54, 1.807) is 30.3 Å². The minimum Gasteiger partial charge on any atom is -0.459 e. The number of halogens is 1. The van der Waals surface area contributed by atoms with Gasteiger partial charge >= 0.3 is 5.97 Å². The number of furan rings is 1. The number of nitrogens with one attached hydrogen (secondary N) is 1. The summed E-state index contributed by atoms with van der Waals surface area (Å²) in [7, 11) is 0. The average molecular weight is 380 g/mol. The molecule has 0 aliphatic rings.